The van der Waals surface area contributed by atoms with Gasteiger partial charge in [-0.15, -0.1) is 0 Å². The Morgan fingerprint density at radius 3 is 2.57 bits per heavy atom. The molecule has 5 rings (SSSR count). The number of piperazine rings is 1. The van der Waals surface area contributed by atoms with Gasteiger partial charge < -0.3 is 20.3 Å². The van der Waals surface area contributed by atoms with E-state index >= 15 is 0 Å². The van der Waals surface area contributed by atoms with Gasteiger partial charge in [0.1, 0.15) is 17.4 Å². The highest BCUT2D eigenvalue weighted by Gasteiger charge is 2.27. The third kappa shape index (κ3) is 5.20. The van der Waals surface area contributed by atoms with E-state index in [0.717, 1.165) is 91.4 Å². The van der Waals surface area contributed by atoms with Crippen molar-refractivity contribution in [2.24, 2.45) is 0 Å². The lowest BCUT2D eigenvalue weighted by Gasteiger charge is -2.41. The summed E-state index contributed by atoms with van der Waals surface area (Å²) in [5.74, 6) is 2.36. The first-order valence-electron chi connectivity index (χ1n) is 13.3. The van der Waals surface area contributed by atoms with Crippen LogP contribution >= 0.6 is 0 Å². The molecule has 3 heterocycles. The second-order valence-corrected chi connectivity index (χ2v) is 10.2. The summed E-state index contributed by atoms with van der Waals surface area (Å²) >= 11 is 0. The molecule has 0 radical (unpaired) electrons. The molecule has 0 bridgehead atoms. The minimum absolute atomic E-state index is 0.0221. The molecule has 2 aliphatic rings. The Kier molecular flexibility index (Phi) is 7.45. The number of fused-ring (bicyclic) bond motifs is 1. The van der Waals surface area contributed by atoms with Crippen LogP contribution in [-0.2, 0) is 0 Å². The Balaban J connectivity index is 1.44. The van der Waals surface area contributed by atoms with Crippen molar-refractivity contribution >= 4 is 22.4 Å². The number of rotatable bonds is 6. The highest BCUT2D eigenvalue weighted by molar-refractivity contribution is 5.94. The van der Waals surface area contributed by atoms with Crippen LogP contribution in [0.5, 0.6) is 5.75 Å². The van der Waals surface area contributed by atoms with Gasteiger partial charge >= 0.3 is 0 Å². The van der Waals surface area contributed by atoms with E-state index < -0.39 is 0 Å². The normalized spacial score (nSPS) is 18.0. The third-order valence-corrected chi connectivity index (χ3v) is 7.90. The number of methoxy groups -OCH3 is 1. The predicted molar refractivity (Wildman–Crippen MR) is 148 cm³/mol. The van der Waals surface area contributed by atoms with Gasteiger partial charge in [-0.1, -0.05) is 12.1 Å². The zero-order valence-electron chi connectivity index (χ0n) is 22.3. The molecule has 0 aliphatic carbocycles. The molecule has 2 fully saturated rings. The summed E-state index contributed by atoms with van der Waals surface area (Å²) in [7, 11) is 1.73. The number of hydrogen-bond acceptors (Lipinski definition) is 8. The van der Waals surface area contributed by atoms with Crippen molar-refractivity contribution in [3.8, 4) is 11.8 Å². The molecule has 1 aromatic heterocycles. The van der Waals surface area contributed by atoms with Gasteiger partial charge in [0.25, 0.3) is 0 Å². The Morgan fingerprint density at radius 2 is 1.86 bits per heavy atom. The lowest BCUT2D eigenvalue weighted by atomic mass is 9.98. The molecule has 194 valence electrons. The van der Waals surface area contributed by atoms with Crippen LogP contribution in [-0.4, -0.2) is 67.3 Å². The topological polar surface area (TPSA) is 89.3 Å². The lowest BCUT2D eigenvalue weighted by molar-refractivity contribution is 0.150. The van der Waals surface area contributed by atoms with Gasteiger partial charge in [-0.2, -0.15) is 5.26 Å². The summed E-state index contributed by atoms with van der Waals surface area (Å²) in [6, 6.07) is 13.0. The van der Waals surface area contributed by atoms with E-state index in [-0.39, 0.29) is 6.04 Å². The molecule has 2 N–H and O–H groups in total. The van der Waals surface area contributed by atoms with E-state index in [0.29, 0.717) is 17.4 Å². The fraction of sp³-hybridized carbons (Fsp3) is 0.483. The van der Waals surface area contributed by atoms with Crippen molar-refractivity contribution in [2.75, 3.05) is 56.6 Å². The maximum Gasteiger partial charge on any atom is 0.144 e. The van der Waals surface area contributed by atoms with Crippen LogP contribution in [0.4, 0.5) is 11.5 Å². The fourth-order valence-corrected chi connectivity index (χ4v) is 5.83. The van der Waals surface area contributed by atoms with Gasteiger partial charge in [-0.3, -0.25) is 4.90 Å². The molecule has 1 unspecified atom stereocenters. The molecular weight excluding hydrogens is 462 g/mol. The molecule has 8 heteroatoms. The second-order valence-electron chi connectivity index (χ2n) is 10.2. The second kappa shape index (κ2) is 10.9. The van der Waals surface area contributed by atoms with Crippen LogP contribution in [0.3, 0.4) is 0 Å². The molecule has 2 saturated heterocycles. The zero-order valence-corrected chi connectivity index (χ0v) is 22.3. The quantitative estimate of drug-likeness (QED) is 0.522. The fourth-order valence-electron chi connectivity index (χ4n) is 5.83. The van der Waals surface area contributed by atoms with Crippen molar-refractivity contribution in [2.45, 2.75) is 45.7 Å². The largest absolute Gasteiger partial charge is 0.495 e. The summed E-state index contributed by atoms with van der Waals surface area (Å²) in [5, 5.41) is 17.5. The summed E-state index contributed by atoms with van der Waals surface area (Å²) < 4.78 is 5.85. The average molecular weight is 500 g/mol. The lowest BCUT2D eigenvalue weighted by Crippen LogP contribution is -2.52. The molecule has 2 aliphatic heterocycles. The van der Waals surface area contributed by atoms with Crippen molar-refractivity contribution in [1.29, 1.82) is 5.26 Å². The van der Waals surface area contributed by atoms with Crippen molar-refractivity contribution < 1.29 is 4.74 Å². The highest BCUT2D eigenvalue weighted by Crippen LogP contribution is 2.37. The van der Waals surface area contributed by atoms with E-state index in [4.69, 9.17) is 14.7 Å². The molecule has 1 atom stereocenters. The Morgan fingerprint density at radius 1 is 1.11 bits per heavy atom. The van der Waals surface area contributed by atoms with Gasteiger partial charge in [0.15, 0.2) is 0 Å². The number of aryl methyl sites for hydroxylation is 1. The summed E-state index contributed by atoms with van der Waals surface area (Å²) in [4.78, 5) is 14.6. The van der Waals surface area contributed by atoms with E-state index in [1.807, 2.05) is 32.0 Å². The Labute approximate surface area is 219 Å². The predicted octanol–water partition coefficient (Wildman–Crippen LogP) is 4.17. The van der Waals surface area contributed by atoms with Crippen LogP contribution in [0, 0.1) is 25.2 Å². The number of anilines is 2. The Hall–Kier alpha value is -3.41. The first kappa shape index (κ1) is 25.2. The summed E-state index contributed by atoms with van der Waals surface area (Å²) in [6.07, 6.45) is 2.31. The van der Waals surface area contributed by atoms with Crippen LogP contribution < -0.4 is 20.3 Å². The van der Waals surface area contributed by atoms with Crippen LogP contribution in [0.15, 0.2) is 30.3 Å². The van der Waals surface area contributed by atoms with Crippen molar-refractivity contribution in [3.05, 3.63) is 52.8 Å². The average Bonchev–Trinajstić information content (AvgIpc) is 2.93. The van der Waals surface area contributed by atoms with Gasteiger partial charge in [-0.25, -0.2) is 9.97 Å². The van der Waals surface area contributed by atoms with E-state index in [9.17, 15) is 5.26 Å². The van der Waals surface area contributed by atoms with Gasteiger partial charge in [0, 0.05) is 56.8 Å². The number of nitrogens with one attached hydrogen (secondary N) is 2. The molecule has 0 amide bonds. The number of nitriles is 1. The number of aromatic nitrogens is 2. The molecule has 8 nitrogen and oxygen atoms in total. The molecule has 37 heavy (non-hydrogen) atoms. The maximum absolute atomic E-state index is 9.47. The minimum atomic E-state index is -0.0221. The third-order valence-electron chi connectivity index (χ3n) is 7.90. The van der Waals surface area contributed by atoms with Crippen LogP contribution in [0.1, 0.15) is 48.3 Å². The van der Waals surface area contributed by atoms with Crippen molar-refractivity contribution in [1.82, 2.24) is 20.2 Å². The number of ether oxygens (including phenoxy) is 1. The smallest absolute Gasteiger partial charge is 0.144 e. The summed E-state index contributed by atoms with van der Waals surface area (Å²) in [6.45, 7) is 12.5. The first-order valence-corrected chi connectivity index (χ1v) is 13.3. The molecule has 3 aromatic rings. The van der Waals surface area contributed by atoms with Crippen LogP contribution in [0.2, 0.25) is 0 Å². The van der Waals surface area contributed by atoms with Gasteiger partial charge in [0.05, 0.1) is 36.0 Å². The standard InChI is InChI=1S/C29H37N7O/c1-19-22(18-30)6-5-7-24(19)20(2)32-29-25-16-27(28(37-4)17-26(25)33-21(3)34-29)36-12-8-23(9-13-36)35-14-10-31-11-15-35/h5-7,16-17,20,23,31H,8-15H2,1-4H3,(H,32,33,34). The number of hydrogen-bond donors (Lipinski definition) is 2. The summed E-state index contributed by atoms with van der Waals surface area (Å²) in [5.41, 5.74) is 4.74. The molecule has 2 aromatic carbocycles. The maximum atomic E-state index is 9.47. The van der Waals surface area contributed by atoms with E-state index in [1.54, 1.807) is 7.11 Å². The molecule has 0 saturated carbocycles. The zero-order chi connectivity index (χ0) is 25.9. The van der Waals surface area contributed by atoms with Crippen LogP contribution in [0.25, 0.3) is 10.9 Å². The monoisotopic (exact) mass is 499 g/mol. The van der Waals surface area contributed by atoms with E-state index in [1.165, 1.54) is 0 Å². The van der Waals surface area contributed by atoms with Crippen molar-refractivity contribution in [3.63, 3.8) is 0 Å². The Bertz CT molecular complexity index is 1300. The SMILES string of the molecule is COc1cc2nc(C)nc(NC(C)c3cccc(C#N)c3C)c2cc1N1CCC(N2CCNCC2)CC1. The van der Waals surface area contributed by atoms with E-state index in [2.05, 4.69) is 45.6 Å². The molecular formula is C29H37N7O. The first-order chi connectivity index (χ1) is 18.0. The molecule has 0 spiro atoms. The van der Waals surface area contributed by atoms with Gasteiger partial charge in [0.2, 0.25) is 0 Å². The minimum Gasteiger partial charge on any atom is -0.495 e. The number of piperidine rings is 1. The van der Waals surface area contributed by atoms with Gasteiger partial charge in [-0.05, 0) is 56.9 Å². The number of benzene rings is 2. The highest BCUT2D eigenvalue weighted by atomic mass is 16.5. The number of nitrogens with zero attached hydrogens (tertiary/aromatic N) is 5.